The van der Waals surface area contributed by atoms with Gasteiger partial charge in [-0.15, -0.1) is 0 Å². The van der Waals surface area contributed by atoms with Gasteiger partial charge in [0.05, 0.1) is 18.8 Å². The second kappa shape index (κ2) is 9.83. The Morgan fingerprint density at radius 2 is 1.68 bits per heavy atom. The van der Waals surface area contributed by atoms with E-state index in [9.17, 15) is 22.8 Å². The highest BCUT2D eigenvalue weighted by molar-refractivity contribution is 5.95. The number of methoxy groups -OCH3 is 1. The van der Waals surface area contributed by atoms with Crippen LogP contribution in [0.4, 0.5) is 18.0 Å². The number of carbonyl (C=O) groups excluding carboxylic acids is 2. The Kier molecular flexibility index (Phi) is 7.09. The number of urea groups is 1. The second-order valence-corrected chi connectivity index (χ2v) is 9.94. The van der Waals surface area contributed by atoms with Crippen molar-refractivity contribution < 1.29 is 32.2 Å². The van der Waals surface area contributed by atoms with Crippen molar-refractivity contribution in [1.29, 1.82) is 0 Å². The van der Waals surface area contributed by atoms with Gasteiger partial charge in [0.25, 0.3) is 5.91 Å². The predicted octanol–water partition coefficient (Wildman–Crippen LogP) is 4.43. The molecule has 11 heteroatoms. The van der Waals surface area contributed by atoms with Crippen LogP contribution in [0.25, 0.3) is 0 Å². The third-order valence-corrected chi connectivity index (χ3v) is 7.08. The maximum absolute atomic E-state index is 13.7. The molecular formula is C26H33F3N4O4. The van der Waals surface area contributed by atoms with Crippen molar-refractivity contribution in [2.45, 2.75) is 51.1 Å². The third kappa shape index (κ3) is 4.83. The highest BCUT2D eigenvalue weighted by Gasteiger charge is 2.50. The van der Waals surface area contributed by atoms with Gasteiger partial charge in [0.1, 0.15) is 5.69 Å². The molecule has 4 rings (SSSR count). The predicted molar refractivity (Wildman–Crippen MR) is 131 cm³/mol. The van der Waals surface area contributed by atoms with E-state index >= 15 is 0 Å². The topological polar surface area (TPSA) is 67.2 Å². The van der Waals surface area contributed by atoms with Crippen molar-refractivity contribution in [2.24, 2.45) is 0 Å². The van der Waals surface area contributed by atoms with E-state index in [-0.39, 0.29) is 44.2 Å². The summed E-state index contributed by atoms with van der Waals surface area (Å²) >= 11 is 0. The molecule has 0 N–H and O–H groups in total. The molecule has 0 aliphatic carbocycles. The standard InChI is InChI=1S/C26H33F3N4O4/c1-17(2)37-19-7-6-18(16-20(19)36-5)23(34)31-12-10-25(11-13-31)21-8-9-22(26(27,28)29)32(21)14-15-33(25)24(35)30(3)4/h6-9,16-17H,10-15H2,1-5H3. The first-order chi connectivity index (χ1) is 17.4. The largest absolute Gasteiger partial charge is 0.493 e. The van der Waals surface area contributed by atoms with Gasteiger partial charge < -0.3 is 28.7 Å². The van der Waals surface area contributed by atoms with E-state index in [1.165, 1.54) is 22.6 Å². The number of fused-ring (bicyclic) bond motifs is 2. The highest BCUT2D eigenvalue weighted by Crippen LogP contribution is 2.45. The molecule has 0 atom stereocenters. The van der Waals surface area contributed by atoms with Crippen LogP contribution in [0.2, 0.25) is 0 Å². The second-order valence-electron chi connectivity index (χ2n) is 9.94. The van der Waals surface area contributed by atoms with Gasteiger partial charge in [-0.3, -0.25) is 4.79 Å². The molecule has 3 amide bonds. The van der Waals surface area contributed by atoms with Gasteiger partial charge in [-0.25, -0.2) is 4.79 Å². The SMILES string of the molecule is COc1cc(C(=O)N2CCC3(CC2)c2ccc(C(F)(F)F)n2CCN3C(=O)N(C)C)ccc1OC(C)C. The number of likely N-dealkylation sites (tertiary alicyclic amines) is 1. The van der Waals surface area contributed by atoms with Crippen molar-refractivity contribution in [3.05, 3.63) is 47.3 Å². The minimum absolute atomic E-state index is 0.0612. The summed E-state index contributed by atoms with van der Waals surface area (Å²) in [5.74, 6) is 0.769. The smallest absolute Gasteiger partial charge is 0.431 e. The van der Waals surface area contributed by atoms with E-state index in [0.29, 0.717) is 35.6 Å². The van der Waals surface area contributed by atoms with Crippen molar-refractivity contribution in [1.82, 2.24) is 19.3 Å². The summed E-state index contributed by atoms with van der Waals surface area (Å²) < 4.78 is 53.5. The number of halogens is 3. The van der Waals surface area contributed by atoms with E-state index in [2.05, 4.69) is 0 Å². The van der Waals surface area contributed by atoms with Crippen LogP contribution in [0, 0.1) is 0 Å². The highest BCUT2D eigenvalue weighted by atomic mass is 19.4. The lowest BCUT2D eigenvalue weighted by molar-refractivity contribution is -0.144. The number of hydrogen-bond donors (Lipinski definition) is 0. The molecule has 8 nitrogen and oxygen atoms in total. The average Bonchev–Trinajstić information content (AvgIpc) is 3.30. The number of alkyl halides is 3. The minimum atomic E-state index is -4.49. The monoisotopic (exact) mass is 522 g/mol. The number of piperidine rings is 1. The summed E-state index contributed by atoms with van der Waals surface area (Å²) in [6, 6.07) is 7.32. The van der Waals surface area contributed by atoms with Crippen molar-refractivity contribution in [2.75, 3.05) is 40.8 Å². The van der Waals surface area contributed by atoms with Gasteiger partial charge in [-0.1, -0.05) is 0 Å². The van der Waals surface area contributed by atoms with Crippen LogP contribution < -0.4 is 9.47 Å². The molecule has 0 radical (unpaired) electrons. The van der Waals surface area contributed by atoms with Crippen LogP contribution in [-0.2, 0) is 18.3 Å². The van der Waals surface area contributed by atoms with Crippen LogP contribution in [0.5, 0.6) is 11.5 Å². The molecule has 1 fully saturated rings. The lowest BCUT2D eigenvalue weighted by Crippen LogP contribution is -2.61. The normalized spacial score (nSPS) is 17.1. The zero-order valence-electron chi connectivity index (χ0n) is 21.8. The molecule has 37 heavy (non-hydrogen) atoms. The summed E-state index contributed by atoms with van der Waals surface area (Å²) in [6.07, 6.45) is -3.90. The van der Waals surface area contributed by atoms with E-state index in [0.717, 1.165) is 6.07 Å². The molecule has 1 saturated heterocycles. The van der Waals surface area contributed by atoms with Crippen LogP contribution in [0.1, 0.15) is 48.4 Å². The summed E-state index contributed by atoms with van der Waals surface area (Å²) in [5.41, 5.74) is -0.762. The number of nitrogens with zero attached hydrogens (tertiary/aromatic N) is 4. The average molecular weight is 523 g/mol. The van der Waals surface area contributed by atoms with Gasteiger partial charge in [0.15, 0.2) is 11.5 Å². The van der Waals surface area contributed by atoms with E-state index < -0.39 is 17.4 Å². The molecule has 3 heterocycles. The van der Waals surface area contributed by atoms with E-state index in [1.54, 1.807) is 42.1 Å². The summed E-state index contributed by atoms with van der Waals surface area (Å²) in [7, 11) is 4.76. The summed E-state index contributed by atoms with van der Waals surface area (Å²) in [4.78, 5) is 31.3. The minimum Gasteiger partial charge on any atom is -0.493 e. The zero-order valence-corrected chi connectivity index (χ0v) is 21.8. The Hall–Kier alpha value is -3.37. The first-order valence-corrected chi connectivity index (χ1v) is 12.3. The van der Waals surface area contributed by atoms with E-state index in [4.69, 9.17) is 9.47 Å². The molecule has 202 valence electrons. The maximum Gasteiger partial charge on any atom is 0.431 e. The molecule has 0 bridgehead atoms. The molecule has 2 aliphatic rings. The van der Waals surface area contributed by atoms with Crippen LogP contribution >= 0.6 is 0 Å². The number of aromatic nitrogens is 1. The number of hydrogen-bond acceptors (Lipinski definition) is 4. The molecule has 2 aromatic rings. The molecule has 0 unspecified atom stereocenters. The molecule has 0 saturated carbocycles. The fourth-order valence-electron chi connectivity index (χ4n) is 5.38. The maximum atomic E-state index is 13.7. The van der Waals surface area contributed by atoms with Crippen molar-refractivity contribution in [3.8, 4) is 11.5 Å². The Labute approximate surface area is 214 Å². The Morgan fingerprint density at radius 3 is 2.24 bits per heavy atom. The van der Waals surface area contributed by atoms with Crippen LogP contribution in [0.15, 0.2) is 30.3 Å². The summed E-state index contributed by atoms with van der Waals surface area (Å²) in [5, 5.41) is 0. The Morgan fingerprint density at radius 1 is 1.00 bits per heavy atom. The molecule has 1 spiro atoms. The first kappa shape index (κ1) is 26.7. The third-order valence-electron chi connectivity index (χ3n) is 7.08. The van der Waals surface area contributed by atoms with E-state index in [1.807, 2.05) is 13.8 Å². The molecule has 1 aromatic carbocycles. The van der Waals surface area contributed by atoms with Gasteiger partial charge in [0.2, 0.25) is 0 Å². The molecule has 1 aromatic heterocycles. The van der Waals surface area contributed by atoms with Crippen LogP contribution in [0.3, 0.4) is 0 Å². The lowest BCUT2D eigenvalue weighted by atomic mass is 9.81. The number of ether oxygens (including phenoxy) is 2. The van der Waals surface area contributed by atoms with Gasteiger partial charge >= 0.3 is 12.2 Å². The van der Waals surface area contributed by atoms with Crippen LogP contribution in [-0.4, -0.2) is 78.1 Å². The summed E-state index contributed by atoms with van der Waals surface area (Å²) in [6.45, 7) is 4.58. The van der Waals surface area contributed by atoms with Gasteiger partial charge in [-0.2, -0.15) is 13.2 Å². The quantitative estimate of drug-likeness (QED) is 0.596. The first-order valence-electron chi connectivity index (χ1n) is 12.3. The molecule has 2 aliphatic heterocycles. The van der Waals surface area contributed by atoms with Crippen molar-refractivity contribution in [3.63, 3.8) is 0 Å². The van der Waals surface area contributed by atoms with Gasteiger partial charge in [-0.05, 0) is 57.0 Å². The zero-order chi connectivity index (χ0) is 27.1. The fourth-order valence-corrected chi connectivity index (χ4v) is 5.38. The van der Waals surface area contributed by atoms with Gasteiger partial charge in [0, 0.05) is 51.5 Å². The number of carbonyl (C=O) groups is 2. The lowest BCUT2D eigenvalue weighted by Gasteiger charge is -2.52. The van der Waals surface area contributed by atoms with Crippen molar-refractivity contribution >= 4 is 11.9 Å². The Bertz CT molecular complexity index is 1170. The number of benzene rings is 1. The Balaban J connectivity index is 1.62. The number of rotatable bonds is 4. The number of amides is 3. The fraction of sp³-hybridized carbons (Fsp3) is 0.538. The molecular weight excluding hydrogens is 489 g/mol.